The van der Waals surface area contributed by atoms with Crippen LogP contribution in [0.2, 0.25) is 0 Å². The van der Waals surface area contributed by atoms with Gasteiger partial charge in [-0.25, -0.2) is 8.42 Å². The van der Waals surface area contributed by atoms with Crippen molar-refractivity contribution in [1.29, 1.82) is 0 Å². The van der Waals surface area contributed by atoms with Gasteiger partial charge in [-0.1, -0.05) is 24.3 Å². The standard InChI is InChI=1S/C21H22N2O6S2/c1-4-14-5-10-17-18(11-14)30-21(23(17)12-20(25)29-3)22-19(24)13-31(26,27)16-8-6-15(28-2)7-9-16/h5-11H,4,12-13H2,1-3H3. The third-order valence-corrected chi connectivity index (χ3v) is 7.28. The van der Waals surface area contributed by atoms with E-state index in [1.165, 1.54) is 49.8 Å². The maximum atomic E-state index is 12.6. The van der Waals surface area contributed by atoms with Gasteiger partial charge in [0.25, 0.3) is 5.91 Å². The van der Waals surface area contributed by atoms with E-state index in [0.29, 0.717) is 5.75 Å². The lowest BCUT2D eigenvalue weighted by Crippen LogP contribution is -2.24. The lowest BCUT2D eigenvalue weighted by Gasteiger charge is -2.05. The molecule has 0 N–H and O–H groups in total. The smallest absolute Gasteiger partial charge is 0.325 e. The van der Waals surface area contributed by atoms with Crippen LogP contribution in [0.25, 0.3) is 10.2 Å². The number of ether oxygens (including phenoxy) is 2. The Hall–Kier alpha value is -2.98. The van der Waals surface area contributed by atoms with Crippen molar-refractivity contribution in [2.24, 2.45) is 4.99 Å². The van der Waals surface area contributed by atoms with E-state index < -0.39 is 27.5 Å². The number of carbonyl (C=O) groups is 2. The molecule has 10 heteroatoms. The van der Waals surface area contributed by atoms with Gasteiger partial charge in [-0.05, 0) is 48.4 Å². The van der Waals surface area contributed by atoms with Crippen LogP contribution in [-0.2, 0) is 37.1 Å². The number of hydrogen-bond donors (Lipinski definition) is 0. The van der Waals surface area contributed by atoms with Gasteiger partial charge in [-0.2, -0.15) is 4.99 Å². The first-order valence-electron chi connectivity index (χ1n) is 9.41. The fourth-order valence-electron chi connectivity index (χ4n) is 2.94. The molecule has 0 fully saturated rings. The number of sulfone groups is 1. The SMILES string of the molecule is CCc1ccc2c(c1)sc(=NC(=O)CS(=O)(=O)c1ccc(OC)cc1)n2CC(=O)OC. The zero-order valence-corrected chi connectivity index (χ0v) is 19.0. The van der Waals surface area contributed by atoms with Crippen LogP contribution in [0.15, 0.2) is 52.4 Å². The molecule has 1 heterocycles. The highest BCUT2D eigenvalue weighted by molar-refractivity contribution is 7.92. The molecule has 0 bridgehead atoms. The Morgan fingerprint density at radius 3 is 2.42 bits per heavy atom. The third-order valence-electron chi connectivity index (χ3n) is 4.62. The summed E-state index contributed by atoms with van der Waals surface area (Å²) in [6.07, 6.45) is 0.830. The first kappa shape index (κ1) is 22.7. The molecule has 31 heavy (non-hydrogen) atoms. The number of fused-ring (bicyclic) bond motifs is 1. The molecule has 1 amide bonds. The van der Waals surface area contributed by atoms with Gasteiger partial charge >= 0.3 is 5.97 Å². The van der Waals surface area contributed by atoms with Gasteiger partial charge in [0.1, 0.15) is 18.0 Å². The summed E-state index contributed by atoms with van der Waals surface area (Å²) < 4.78 is 37.4. The Kier molecular flexibility index (Phi) is 6.91. The number of nitrogens with zero attached hydrogens (tertiary/aromatic N) is 2. The molecule has 3 rings (SSSR count). The van der Waals surface area contributed by atoms with Crippen molar-refractivity contribution in [3.05, 3.63) is 52.8 Å². The number of thiazole rings is 1. The molecule has 0 radical (unpaired) electrons. The Bertz CT molecular complexity index is 1290. The van der Waals surface area contributed by atoms with E-state index >= 15 is 0 Å². The normalized spacial score (nSPS) is 12.2. The van der Waals surface area contributed by atoms with Crippen molar-refractivity contribution in [3.63, 3.8) is 0 Å². The van der Waals surface area contributed by atoms with E-state index in [2.05, 4.69) is 4.99 Å². The van der Waals surface area contributed by atoms with Crippen molar-refractivity contribution >= 4 is 43.3 Å². The van der Waals surface area contributed by atoms with Crippen LogP contribution in [0.5, 0.6) is 5.75 Å². The fourth-order valence-corrected chi connectivity index (χ4v) is 5.15. The second-order valence-electron chi connectivity index (χ2n) is 6.64. The summed E-state index contributed by atoms with van der Waals surface area (Å²) >= 11 is 1.22. The number of hydrogen-bond acceptors (Lipinski definition) is 7. The highest BCUT2D eigenvalue weighted by Gasteiger charge is 2.20. The van der Waals surface area contributed by atoms with E-state index in [1.54, 1.807) is 4.57 Å². The van der Waals surface area contributed by atoms with Crippen molar-refractivity contribution in [2.45, 2.75) is 24.8 Å². The molecule has 8 nitrogen and oxygen atoms in total. The topological polar surface area (TPSA) is 104 Å². The maximum absolute atomic E-state index is 12.6. The summed E-state index contributed by atoms with van der Waals surface area (Å²) in [5.74, 6) is -1.60. The van der Waals surface area contributed by atoms with Gasteiger partial charge in [0.05, 0.1) is 29.3 Å². The zero-order valence-electron chi connectivity index (χ0n) is 17.3. The lowest BCUT2D eigenvalue weighted by atomic mass is 10.2. The second-order valence-corrected chi connectivity index (χ2v) is 9.64. The van der Waals surface area contributed by atoms with Gasteiger partial charge in [-0.15, -0.1) is 0 Å². The van der Waals surface area contributed by atoms with E-state index in [9.17, 15) is 18.0 Å². The van der Waals surface area contributed by atoms with Crippen LogP contribution < -0.4 is 9.54 Å². The van der Waals surface area contributed by atoms with Gasteiger partial charge in [-0.3, -0.25) is 9.59 Å². The molecule has 0 saturated carbocycles. The number of rotatable bonds is 7. The van der Waals surface area contributed by atoms with Crippen LogP contribution in [0, 0.1) is 0 Å². The van der Waals surface area contributed by atoms with Crippen molar-refractivity contribution < 1.29 is 27.5 Å². The molecule has 0 atom stereocenters. The molecule has 0 aliphatic heterocycles. The number of esters is 1. The molecular formula is C21H22N2O6S2. The first-order valence-corrected chi connectivity index (χ1v) is 11.9. The van der Waals surface area contributed by atoms with Gasteiger partial charge in [0.15, 0.2) is 14.6 Å². The second kappa shape index (κ2) is 9.44. The summed E-state index contributed by atoms with van der Waals surface area (Å²) in [5.41, 5.74) is 1.82. The molecule has 0 saturated heterocycles. The number of benzene rings is 2. The summed E-state index contributed by atoms with van der Waals surface area (Å²) in [6.45, 7) is 1.88. The van der Waals surface area contributed by atoms with Crippen LogP contribution in [-0.4, -0.2) is 44.8 Å². The minimum atomic E-state index is -3.88. The number of aromatic nitrogens is 1. The quantitative estimate of drug-likeness (QED) is 0.499. The average molecular weight is 463 g/mol. The van der Waals surface area contributed by atoms with E-state index in [4.69, 9.17) is 9.47 Å². The monoisotopic (exact) mass is 462 g/mol. The zero-order chi connectivity index (χ0) is 22.6. The predicted molar refractivity (Wildman–Crippen MR) is 117 cm³/mol. The van der Waals surface area contributed by atoms with Crippen LogP contribution in [0.4, 0.5) is 0 Å². The molecule has 2 aromatic carbocycles. The van der Waals surface area contributed by atoms with E-state index in [-0.39, 0.29) is 16.2 Å². The van der Waals surface area contributed by atoms with Gasteiger partial charge in [0.2, 0.25) is 0 Å². The number of amides is 1. The fraction of sp³-hybridized carbons (Fsp3) is 0.286. The highest BCUT2D eigenvalue weighted by atomic mass is 32.2. The van der Waals surface area contributed by atoms with Crippen LogP contribution in [0.1, 0.15) is 12.5 Å². The minimum absolute atomic E-state index is 0.00298. The number of carbonyl (C=O) groups excluding carboxylic acids is 2. The minimum Gasteiger partial charge on any atom is -0.497 e. The number of aryl methyl sites for hydroxylation is 1. The lowest BCUT2D eigenvalue weighted by molar-refractivity contribution is -0.141. The third kappa shape index (κ3) is 5.20. The van der Waals surface area contributed by atoms with Crippen molar-refractivity contribution in [3.8, 4) is 5.75 Å². The van der Waals surface area contributed by atoms with Gasteiger partial charge in [0, 0.05) is 0 Å². The van der Waals surface area contributed by atoms with E-state index in [1.807, 2.05) is 25.1 Å². The Balaban J connectivity index is 1.98. The van der Waals surface area contributed by atoms with Crippen molar-refractivity contribution in [1.82, 2.24) is 4.57 Å². The Morgan fingerprint density at radius 1 is 1.10 bits per heavy atom. The highest BCUT2D eigenvalue weighted by Crippen LogP contribution is 2.20. The molecule has 0 unspecified atom stereocenters. The van der Waals surface area contributed by atoms with Crippen molar-refractivity contribution in [2.75, 3.05) is 20.0 Å². The molecule has 0 aliphatic carbocycles. The van der Waals surface area contributed by atoms with E-state index in [0.717, 1.165) is 22.2 Å². The first-order chi connectivity index (χ1) is 14.8. The van der Waals surface area contributed by atoms with Crippen LogP contribution >= 0.6 is 11.3 Å². The molecule has 0 aliphatic rings. The Labute approximate surface area is 183 Å². The average Bonchev–Trinajstić information content (AvgIpc) is 3.08. The summed E-state index contributed by atoms with van der Waals surface area (Å²) in [7, 11) is -1.13. The number of methoxy groups -OCH3 is 2. The summed E-state index contributed by atoms with van der Waals surface area (Å²) in [6, 6.07) is 11.5. The predicted octanol–water partition coefficient (Wildman–Crippen LogP) is 2.35. The molecular weight excluding hydrogens is 440 g/mol. The summed E-state index contributed by atoms with van der Waals surface area (Å²) in [4.78, 5) is 28.7. The molecule has 164 valence electrons. The molecule has 3 aromatic rings. The Morgan fingerprint density at radius 2 is 1.81 bits per heavy atom. The summed E-state index contributed by atoms with van der Waals surface area (Å²) in [5, 5.41) is 0. The molecule has 0 spiro atoms. The molecule has 1 aromatic heterocycles. The van der Waals surface area contributed by atoms with Crippen LogP contribution in [0.3, 0.4) is 0 Å². The van der Waals surface area contributed by atoms with Gasteiger partial charge < -0.3 is 14.0 Å². The largest absolute Gasteiger partial charge is 0.497 e. The maximum Gasteiger partial charge on any atom is 0.325 e.